The smallest absolute Gasteiger partial charge is 0.258 e. The van der Waals surface area contributed by atoms with Gasteiger partial charge >= 0.3 is 0 Å². The second-order valence-corrected chi connectivity index (χ2v) is 6.37. The summed E-state index contributed by atoms with van der Waals surface area (Å²) in [6, 6.07) is 11.6. The van der Waals surface area contributed by atoms with E-state index in [9.17, 15) is 9.59 Å². The number of carbonyl (C=O) groups excluding carboxylic acids is 1. The predicted molar refractivity (Wildman–Crippen MR) is 99.3 cm³/mol. The van der Waals surface area contributed by atoms with Gasteiger partial charge < -0.3 is 10.3 Å². The number of nitrogens with one attached hydrogen (secondary N) is 3. The number of H-pyrrole nitrogens is 1. The number of hydrogen-bond acceptors (Lipinski definition) is 3. The van der Waals surface area contributed by atoms with Crippen LogP contribution in [0.15, 0.2) is 52.3 Å². The molecule has 1 aromatic carbocycles. The van der Waals surface area contributed by atoms with E-state index < -0.39 is 0 Å². The number of nitrogens with zero attached hydrogens (tertiary/aromatic N) is 1. The van der Waals surface area contributed by atoms with Crippen LogP contribution >= 0.6 is 11.6 Å². The first-order valence-electron chi connectivity index (χ1n) is 8.21. The molecule has 7 heteroatoms. The van der Waals surface area contributed by atoms with Gasteiger partial charge in [-0.05, 0) is 37.1 Å². The number of aromatic nitrogens is 1. The minimum atomic E-state index is -0.315. The van der Waals surface area contributed by atoms with E-state index >= 15 is 0 Å². The van der Waals surface area contributed by atoms with Gasteiger partial charge in [0.2, 0.25) is 11.5 Å². The van der Waals surface area contributed by atoms with Gasteiger partial charge in [-0.3, -0.25) is 14.9 Å². The Balaban J connectivity index is 1.80. The molecule has 0 atom stereocenters. The Bertz CT molecular complexity index is 841. The first-order chi connectivity index (χ1) is 12.1. The highest BCUT2D eigenvalue weighted by molar-refractivity contribution is 6.31. The van der Waals surface area contributed by atoms with E-state index in [4.69, 9.17) is 11.6 Å². The standard InChI is InChI=1S/C18H19ClN4O2/c19-13-6-3-5-12(11-13)17(25)23-18(20-14-7-1-2-8-14)22-15-9-4-10-16(24)21-15/h3-6,9-11,14H,1-2,7-8H2,(H3,20,21,22,23,24,25). The van der Waals surface area contributed by atoms with E-state index in [0.717, 1.165) is 25.7 Å². The van der Waals surface area contributed by atoms with E-state index in [1.54, 1.807) is 36.4 Å². The van der Waals surface area contributed by atoms with Gasteiger partial charge in [-0.2, -0.15) is 0 Å². The number of aromatic amines is 1. The molecule has 130 valence electrons. The van der Waals surface area contributed by atoms with Crippen molar-refractivity contribution in [1.82, 2.24) is 10.3 Å². The number of amides is 1. The van der Waals surface area contributed by atoms with Gasteiger partial charge in [0.25, 0.3) is 5.91 Å². The molecule has 1 fully saturated rings. The third-order valence-electron chi connectivity index (χ3n) is 3.98. The van der Waals surface area contributed by atoms with Crippen LogP contribution in [0.2, 0.25) is 5.02 Å². The van der Waals surface area contributed by atoms with E-state index in [0.29, 0.717) is 22.4 Å². The zero-order valence-electron chi connectivity index (χ0n) is 13.6. The predicted octanol–water partition coefficient (Wildman–Crippen LogP) is 3.17. The summed E-state index contributed by atoms with van der Waals surface area (Å²) in [5.41, 5.74) is 0.210. The van der Waals surface area contributed by atoms with Gasteiger partial charge in [-0.1, -0.05) is 36.6 Å². The second kappa shape index (κ2) is 7.98. The summed E-state index contributed by atoms with van der Waals surface area (Å²) in [5, 5.41) is 6.25. The first-order valence-corrected chi connectivity index (χ1v) is 8.59. The molecule has 3 N–H and O–H groups in total. The zero-order chi connectivity index (χ0) is 17.6. The molecule has 1 aliphatic rings. The average molecular weight is 359 g/mol. The van der Waals surface area contributed by atoms with Crippen molar-refractivity contribution in [3.8, 4) is 0 Å². The van der Waals surface area contributed by atoms with Crippen LogP contribution in [0.3, 0.4) is 0 Å². The van der Waals surface area contributed by atoms with Crippen molar-refractivity contribution >= 4 is 29.3 Å². The van der Waals surface area contributed by atoms with Crippen LogP contribution in [0.25, 0.3) is 0 Å². The summed E-state index contributed by atoms with van der Waals surface area (Å²) in [6.45, 7) is 0. The topological polar surface area (TPSA) is 86.3 Å². The minimum Gasteiger partial charge on any atom is -0.312 e. The van der Waals surface area contributed by atoms with E-state index in [-0.39, 0.29) is 17.5 Å². The van der Waals surface area contributed by atoms with Crippen LogP contribution in [0.4, 0.5) is 5.82 Å². The van der Waals surface area contributed by atoms with Crippen LogP contribution in [0.5, 0.6) is 0 Å². The fourth-order valence-electron chi connectivity index (χ4n) is 2.77. The number of rotatable bonds is 3. The van der Waals surface area contributed by atoms with Crippen LogP contribution in [-0.4, -0.2) is 22.9 Å². The lowest BCUT2D eigenvalue weighted by atomic mass is 10.2. The van der Waals surface area contributed by atoms with Crippen LogP contribution in [-0.2, 0) is 0 Å². The molecular formula is C18H19ClN4O2. The molecule has 0 radical (unpaired) electrons. The van der Waals surface area contributed by atoms with E-state index in [2.05, 4.69) is 20.6 Å². The molecule has 25 heavy (non-hydrogen) atoms. The summed E-state index contributed by atoms with van der Waals surface area (Å²) < 4.78 is 0. The fraction of sp³-hybridized carbons (Fsp3) is 0.278. The molecule has 0 spiro atoms. The van der Waals surface area contributed by atoms with Crippen molar-refractivity contribution in [2.24, 2.45) is 4.99 Å². The quantitative estimate of drug-likeness (QED) is 0.581. The van der Waals surface area contributed by atoms with Crippen molar-refractivity contribution in [3.63, 3.8) is 0 Å². The normalized spacial score (nSPS) is 15.2. The summed E-state index contributed by atoms with van der Waals surface area (Å²) in [7, 11) is 0. The molecule has 3 rings (SSSR count). The van der Waals surface area contributed by atoms with Gasteiger partial charge in [-0.25, -0.2) is 4.99 Å². The number of benzene rings is 1. The highest BCUT2D eigenvalue weighted by Gasteiger charge is 2.17. The Kier molecular flexibility index (Phi) is 5.50. The van der Waals surface area contributed by atoms with Crippen LogP contribution < -0.4 is 16.2 Å². The summed E-state index contributed by atoms with van der Waals surface area (Å²) in [6.07, 6.45) is 4.24. The molecule has 1 aliphatic carbocycles. The average Bonchev–Trinajstić information content (AvgIpc) is 3.08. The molecule has 1 heterocycles. The van der Waals surface area contributed by atoms with Crippen molar-refractivity contribution in [1.29, 1.82) is 0 Å². The van der Waals surface area contributed by atoms with Crippen molar-refractivity contribution in [2.45, 2.75) is 31.7 Å². The highest BCUT2D eigenvalue weighted by atomic mass is 35.5. The number of carbonyl (C=O) groups is 1. The number of hydrogen-bond donors (Lipinski definition) is 3. The highest BCUT2D eigenvalue weighted by Crippen LogP contribution is 2.21. The number of anilines is 1. The molecule has 0 unspecified atom stereocenters. The van der Waals surface area contributed by atoms with Gasteiger partial charge in [0.05, 0.1) is 6.04 Å². The fourth-order valence-corrected chi connectivity index (χ4v) is 2.96. The maximum Gasteiger partial charge on any atom is 0.258 e. The number of aliphatic imine (C=N–C) groups is 1. The van der Waals surface area contributed by atoms with Crippen molar-refractivity contribution in [3.05, 3.63) is 63.4 Å². The lowest BCUT2D eigenvalue weighted by molar-refractivity contribution is 0.0977. The SMILES string of the molecule is O=C(NC(=NC1CCCC1)Nc1cccc(=O)[nH]1)c1cccc(Cl)c1. The van der Waals surface area contributed by atoms with Crippen molar-refractivity contribution in [2.75, 3.05) is 5.32 Å². The molecule has 0 aliphatic heterocycles. The Hall–Kier alpha value is -2.60. The number of guanidine groups is 1. The second-order valence-electron chi connectivity index (χ2n) is 5.93. The third kappa shape index (κ3) is 4.93. The maximum absolute atomic E-state index is 12.5. The molecule has 0 bridgehead atoms. The van der Waals surface area contributed by atoms with Gasteiger partial charge in [0.1, 0.15) is 5.82 Å². The molecule has 1 saturated carbocycles. The van der Waals surface area contributed by atoms with Crippen LogP contribution in [0, 0.1) is 0 Å². The molecule has 6 nitrogen and oxygen atoms in total. The number of halogens is 1. The zero-order valence-corrected chi connectivity index (χ0v) is 14.3. The van der Waals surface area contributed by atoms with E-state index in [1.165, 1.54) is 6.07 Å². The Morgan fingerprint density at radius 1 is 1.16 bits per heavy atom. The van der Waals surface area contributed by atoms with Crippen LogP contribution in [0.1, 0.15) is 36.0 Å². The molecule has 2 aromatic rings. The Morgan fingerprint density at radius 3 is 2.64 bits per heavy atom. The summed E-state index contributed by atoms with van der Waals surface area (Å²) in [5.74, 6) is 0.472. The third-order valence-corrected chi connectivity index (χ3v) is 4.21. The largest absolute Gasteiger partial charge is 0.312 e. The molecule has 0 saturated heterocycles. The number of pyridine rings is 1. The Labute approximate surface area is 150 Å². The summed E-state index contributed by atoms with van der Waals surface area (Å²) in [4.78, 5) is 31.2. The van der Waals surface area contributed by atoms with Gasteiger partial charge in [-0.15, -0.1) is 0 Å². The lowest BCUT2D eigenvalue weighted by Crippen LogP contribution is -2.37. The summed E-state index contributed by atoms with van der Waals surface area (Å²) >= 11 is 5.94. The van der Waals surface area contributed by atoms with Gasteiger partial charge in [0, 0.05) is 16.7 Å². The van der Waals surface area contributed by atoms with Gasteiger partial charge in [0.15, 0.2) is 0 Å². The molecule has 1 aromatic heterocycles. The first kappa shape index (κ1) is 17.2. The Morgan fingerprint density at radius 2 is 1.92 bits per heavy atom. The maximum atomic E-state index is 12.5. The minimum absolute atomic E-state index is 0.164. The molecular weight excluding hydrogens is 340 g/mol. The monoisotopic (exact) mass is 358 g/mol. The lowest BCUT2D eigenvalue weighted by Gasteiger charge is -2.14. The van der Waals surface area contributed by atoms with Crippen molar-refractivity contribution < 1.29 is 4.79 Å². The molecule has 1 amide bonds. The van der Waals surface area contributed by atoms with E-state index in [1.807, 2.05) is 0 Å².